The molecular formula is C15H20N2O3. The van der Waals surface area contributed by atoms with E-state index in [0.29, 0.717) is 19.2 Å². The van der Waals surface area contributed by atoms with Crippen molar-refractivity contribution >= 4 is 6.09 Å². The Morgan fingerprint density at radius 1 is 1.45 bits per heavy atom. The van der Waals surface area contributed by atoms with Crippen LogP contribution in [0.4, 0.5) is 4.79 Å². The zero-order valence-corrected chi connectivity index (χ0v) is 11.6. The van der Waals surface area contributed by atoms with Gasteiger partial charge in [-0.3, -0.25) is 0 Å². The number of cyclic esters (lactones) is 1. The van der Waals surface area contributed by atoms with Crippen molar-refractivity contribution in [1.82, 2.24) is 10.6 Å². The number of carbonyl (C=O) groups excluding carboxylic acids is 1. The summed E-state index contributed by atoms with van der Waals surface area (Å²) in [6.07, 6.45) is 1.97. The molecule has 1 heterocycles. The minimum absolute atomic E-state index is 0.202. The first-order valence-electron chi connectivity index (χ1n) is 7.11. The maximum Gasteiger partial charge on any atom is 0.407 e. The maximum absolute atomic E-state index is 11.0. The molecule has 1 atom stereocenters. The van der Waals surface area contributed by atoms with Crippen molar-refractivity contribution in [1.29, 1.82) is 0 Å². The lowest BCUT2D eigenvalue weighted by Crippen LogP contribution is -2.23. The summed E-state index contributed by atoms with van der Waals surface area (Å²) in [5.41, 5.74) is 2.27. The molecule has 1 aliphatic carbocycles. The second-order valence-electron chi connectivity index (χ2n) is 5.44. The van der Waals surface area contributed by atoms with Crippen LogP contribution in [0.1, 0.15) is 24.0 Å². The molecule has 1 aromatic carbocycles. The standard InChI is InChI=1S/C15H20N2O3/c1-10-3-2-4-11(7-16-12-5-6-12)14(10)19-9-13-8-17-15(18)20-13/h2-4,12-13,16H,5-9H2,1H3,(H,17,18). The van der Waals surface area contributed by atoms with Crippen molar-refractivity contribution in [2.75, 3.05) is 13.2 Å². The first kappa shape index (κ1) is 13.2. The first-order chi connectivity index (χ1) is 9.72. The van der Waals surface area contributed by atoms with Crippen LogP contribution in [0.15, 0.2) is 18.2 Å². The molecule has 3 rings (SSSR count). The predicted molar refractivity (Wildman–Crippen MR) is 74.8 cm³/mol. The Hall–Kier alpha value is -1.75. The van der Waals surface area contributed by atoms with Gasteiger partial charge in [-0.1, -0.05) is 18.2 Å². The van der Waals surface area contributed by atoms with Crippen molar-refractivity contribution in [3.63, 3.8) is 0 Å². The van der Waals surface area contributed by atoms with Gasteiger partial charge in [0.2, 0.25) is 0 Å². The van der Waals surface area contributed by atoms with Crippen LogP contribution >= 0.6 is 0 Å². The quantitative estimate of drug-likeness (QED) is 0.831. The summed E-state index contributed by atoms with van der Waals surface area (Å²) in [4.78, 5) is 11.0. The van der Waals surface area contributed by atoms with Crippen molar-refractivity contribution < 1.29 is 14.3 Å². The summed E-state index contributed by atoms with van der Waals surface area (Å²) in [5, 5.41) is 6.13. The third-order valence-corrected chi connectivity index (χ3v) is 3.61. The van der Waals surface area contributed by atoms with E-state index in [1.54, 1.807) is 0 Å². The molecule has 0 spiro atoms. The van der Waals surface area contributed by atoms with Gasteiger partial charge < -0.3 is 20.1 Å². The van der Waals surface area contributed by atoms with Gasteiger partial charge in [-0.15, -0.1) is 0 Å². The molecule has 2 fully saturated rings. The smallest absolute Gasteiger partial charge is 0.407 e. The molecular weight excluding hydrogens is 256 g/mol. The third kappa shape index (κ3) is 3.22. The largest absolute Gasteiger partial charge is 0.489 e. The fourth-order valence-corrected chi connectivity index (χ4v) is 2.30. The van der Waals surface area contributed by atoms with E-state index < -0.39 is 0 Å². The van der Waals surface area contributed by atoms with Gasteiger partial charge in [0.15, 0.2) is 6.10 Å². The highest BCUT2D eigenvalue weighted by Gasteiger charge is 2.24. The molecule has 1 amide bonds. The summed E-state index contributed by atoms with van der Waals surface area (Å²) in [7, 11) is 0. The Labute approximate surface area is 118 Å². The third-order valence-electron chi connectivity index (χ3n) is 3.61. The number of alkyl carbamates (subject to hydrolysis) is 1. The molecule has 1 aliphatic heterocycles. The van der Waals surface area contributed by atoms with Crippen LogP contribution < -0.4 is 15.4 Å². The minimum Gasteiger partial charge on any atom is -0.489 e. The number of amides is 1. The summed E-state index contributed by atoms with van der Waals surface area (Å²) in [6, 6.07) is 6.83. The van der Waals surface area contributed by atoms with Gasteiger partial charge in [0.05, 0.1) is 6.54 Å². The maximum atomic E-state index is 11.0. The zero-order chi connectivity index (χ0) is 13.9. The number of hydrogen-bond acceptors (Lipinski definition) is 4. The lowest BCUT2D eigenvalue weighted by Gasteiger charge is -2.16. The fourth-order valence-electron chi connectivity index (χ4n) is 2.30. The van der Waals surface area contributed by atoms with Gasteiger partial charge in [0, 0.05) is 18.2 Å². The fraction of sp³-hybridized carbons (Fsp3) is 0.533. The van der Waals surface area contributed by atoms with Gasteiger partial charge in [-0.25, -0.2) is 4.79 Å². The van der Waals surface area contributed by atoms with E-state index in [2.05, 4.69) is 16.7 Å². The van der Waals surface area contributed by atoms with Crippen LogP contribution in [0.3, 0.4) is 0 Å². The van der Waals surface area contributed by atoms with Crippen LogP contribution in [-0.2, 0) is 11.3 Å². The highest BCUT2D eigenvalue weighted by Crippen LogP contribution is 2.26. The van der Waals surface area contributed by atoms with Crippen LogP contribution in [-0.4, -0.2) is 31.4 Å². The van der Waals surface area contributed by atoms with E-state index in [1.807, 2.05) is 19.1 Å². The molecule has 1 saturated carbocycles. The molecule has 0 bridgehead atoms. The number of ether oxygens (including phenoxy) is 2. The van der Waals surface area contributed by atoms with E-state index >= 15 is 0 Å². The molecule has 1 saturated heterocycles. The van der Waals surface area contributed by atoms with Gasteiger partial charge in [0.1, 0.15) is 12.4 Å². The molecule has 108 valence electrons. The monoisotopic (exact) mass is 276 g/mol. The molecule has 5 heteroatoms. The SMILES string of the molecule is Cc1cccc(CNC2CC2)c1OCC1CNC(=O)O1. The van der Waals surface area contributed by atoms with Crippen LogP contribution in [0.2, 0.25) is 0 Å². The average Bonchev–Trinajstić information content (AvgIpc) is 3.17. The lowest BCUT2D eigenvalue weighted by molar-refractivity contribution is 0.104. The molecule has 0 aromatic heterocycles. The zero-order valence-electron chi connectivity index (χ0n) is 11.6. The molecule has 20 heavy (non-hydrogen) atoms. The Kier molecular flexibility index (Phi) is 3.78. The molecule has 1 aromatic rings. The number of rotatable bonds is 6. The molecule has 5 nitrogen and oxygen atoms in total. The molecule has 0 radical (unpaired) electrons. The van der Waals surface area contributed by atoms with Crippen molar-refractivity contribution in [3.8, 4) is 5.75 Å². The predicted octanol–water partition coefficient (Wildman–Crippen LogP) is 1.73. The molecule has 1 unspecified atom stereocenters. The number of para-hydroxylation sites is 1. The highest BCUT2D eigenvalue weighted by atomic mass is 16.6. The summed E-state index contributed by atoms with van der Waals surface area (Å²) in [5.74, 6) is 0.906. The Bertz CT molecular complexity index is 500. The van der Waals surface area contributed by atoms with E-state index in [0.717, 1.165) is 23.4 Å². The summed E-state index contributed by atoms with van der Waals surface area (Å²) >= 11 is 0. The van der Waals surface area contributed by atoms with Crippen LogP contribution in [0.5, 0.6) is 5.75 Å². The van der Waals surface area contributed by atoms with E-state index in [9.17, 15) is 4.79 Å². The van der Waals surface area contributed by atoms with Gasteiger partial charge in [-0.05, 0) is 25.3 Å². The van der Waals surface area contributed by atoms with Crippen LogP contribution in [0, 0.1) is 6.92 Å². The van der Waals surface area contributed by atoms with Gasteiger partial charge >= 0.3 is 6.09 Å². The average molecular weight is 276 g/mol. The Morgan fingerprint density at radius 2 is 2.30 bits per heavy atom. The summed E-state index contributed by atoms with van der Waals surface area (Å²) < 4.78 is 11.0. The topological polar surface area (TPSA) is 59.6 Å². The van der Waals surface area contributed by atoms with E-state index in [1.165, 1.54) is 12.8 Å². The summed E-state index contributed by atoms with van der Waals surface area (Å²) in [6.45, 7) is 3.76. The van der Waals surface area contributed by atoms with Gasteiger partial charge in [-0.2, -0.15) is 0 Å². The van der Waals surface area contributed by atoms with E-state index in [4.69, 9.17) is 9.47 Å². The van der Waals surface area contributed by atoms with E-state index in [-0.39, 0.29) is 12.2 Å². The van der Waals surface area contributed by atoms with Crippen molar-refractivity contribution in [2.24, 2.45) is 0 Å². The van der Waals surface area contributed by atoms with Gasteiger partial charge in [0.25, 0.3) is 0 Å². The second-order valence-corrected chi connectivity index (χ2v) is 5.44. The molecule has 2 aliphatic rings. The number of aryl methyl sites for hydroxylation is 1. The number of nitrogens with one attached hydrogen (secondary N) is 2. The normalized spacial score (nSPS) is 21.4. The highest BCUT2D eigenvalue weighted by molar-refractivity contribution is 5.69. The van der Waals surface area contributed by atoms with Crippen molar-refractivity contribution in [3.05, 3.63) is 29.3 Å². The minimum atomic E-state index is -0.362. The second kappa shape index (κ2) is 5.71. The molecule has 2 N–H and O–H groups in total. The lowest BCUT2D eigenvalue weighted by atomic mass is 10.1. The van der Waals surface area contributed by atoms with Crippen molar-refractivity contribution in [2.45, 2.75) is 38.5 Å². The number of carbonyl (C=O) groups is 1. The Morgan fingerprint density at radius 3 is 3.00 bits per heavy atom. The van der Waals surface area contributed by atoms with Crippen LogP contribution in [0.25, 0.3) is 0 Å². The number of hydrogen-bond donors (Lipinski definition) is 2. The first-order valence-corrected chi connectivity index (χ1v) is 7.11. The Balaban J connectivity index is 1.62. The number of benzene rings is 1.